The minimum atomic E-state index is -0.101. The number of nitrogens with one attached hydrogen (secondary N) is 1. The summed E-state index contributed by atoms with van der Waals surface area (Å²) in [6, 6.07) is 17.4. The molecule has 2 saturated heterocycles. The van der Waals surface area contributed by atoms with E-state index in [2.05, 4.69) is 10.2 Å². The molecule has 0 radical (unpaired) electrons. The lowest BCUT2D eigenvalue weighted by Gasteiger charge is -2.35. The average Bonchev–Trinajstić information content (AvgIpc) is 3.15. The second-order valence-corrected chi connectivity index (χ2v) is 6.90. The minimum Gasteiger partial charge on any atom is -0.457 e. The largest absolute Gasteiger partial charge is 0.457 e. The van der Waals surface area contributed by atoms with E-state index in [0.717, 1.165) is 25.4 Å². The molecule has 2 aliphatic rings. The van der Waals surface area contributed by atoms with E-state index in [-0.39, 0.29) is 12.0 Å². The molecule has 5 nitrogen and oxygen atoms in total. The highest BCUT2D eigenvalue weighted by Crippen LogP contribution is 2.23. The van der Waals surface area contributed by atoms with Crippen molar-refractivity contribution in [3.05, 3.63) is 60.2 Å². The van der Waals surface area contributed by atoms with Crippen molar-refractivity contribution in [2.75, 3.05) is 26.2 Å². The molecular weight excluding hydrogens is 328 g/mol. The molecule has 26 heavy (non-hydrogen) atoms. The Morgan fingerprint density at radius 1 is 1.15 bits per heavy atom. The zero-order valence-corrected chi connectivity index (χ0v) is 14.8. The predicted molar refractivity (Wildman–Crippen MR) is 99.6 cm³/mol. The van der Waals surface area contributed by atoms with Crippen molar-refractivity contribution in [2.45, 2.75) is 25.0 Å². The number of fused-ring (bicyclic) bond motifs is 1. The van der Waals surface area contributed by atoms with Gasteiger partial charge in [0.2, 0.25) is 0 Å². The maximum Gasteiger partial charge on any atom is 0.251 e. The van der Waals surface area contributed by atoms with Gasteiger partial charge in [-0.15, -0.1) is 0 Å². The van der Waals surface area contributed by atoms with E-state index in [9.17, 15) is 4.79 Å². The Kier molecular flexibility index (Phi) is 5.18. The highest BCUT2D eigenvalue weighted by Gasteiger charge is 2.32. The maximum absolute atomic E-state index is 12.5. The van der Waals surface area contributed by atoms with Crippen LogP contribution in [-0.4, -0.2) is 49.2 Å². The molecule has 2 aromatic rings. The zero-order valence-electron chi connectivity index (χ0n) is 14.8. The summed E-state index contributed by atoms with van der Waals surface area (Å²) in [4.78, 5) is 15.0. The van der Waals surface area contributed by atoms with Gasteiger partial charge in [0.25, 0.3) is 5.91 Å². The Morgan fingerprint density at radius 2 is 2.00 bits per heavy atom. The van der Waals surface area contributed by atoms with Crippen LogP contribution in [0.5, 0.6) is 11.5 Å². The Morgan fingerprint density at radius 3 is 2.88 bits per heavy atom. The van der Waals surface area contributed by atoms with Crippen LogP contribution in [0, 0.1) is 0 Å². The molecule has 2 aliphatic heterocycles. The third-order valence-corrected chi connectivity index (χ3v) is 5.03. The summed E-state index contributed by atoms with van der Waals surface area (Å²) in [5.74, 6) is 1.30. The zero-order chi connectivity index (χ0) is 17.8. The van der Waals surface area contributed by atoms with Gasteiger partial charge in [-0.1, -0.05) is 24.3 Å². The Balaban J connectivity index is 1.32. The van der Waals surface area contributed by atoms with Gasteiger partial charge in [0.15, 0.2) is 0 Å². The average molecular weight is 352 g/mol. The van der Waals surface area contributed by atoms with Crippen LogP contribution in [0.25, 0.3) is 0 Å². The molecule has 0 bridgehead atoms. The molecule has 5 heteroatoms. The lowest BCUT2D eigenvalue weighted by Crippen LogP contribution is -2.50. The van der Waals surface area contributed by atoms with Crippen LogP contribution in [0.2, 0.25) is 0 Å². The first-order valence-corrected chi connectivity index (χ1v) is 9.25. The van der Waals surface area contributed by atoms with Crippen molar-refractivity contribution in [3.8, 4) is 11.5 Å². The summed E-state index contributed by atoms with van der Waals surface area (Å²) in [6.45, 7) is 3.37. The first-order chi connectivity index (χ1) is 12.8. The van der Waals surface area contributed by atoms with E-state index in [1.165, 1.54) is 12.8 Å². The molecule has 1 N–H and O–H groups in total. The molecule has 136 valence electrons. The van der Waals surface area contributed by atoms with Gasteiger partial charge in [-0.25, -0.2) is 0 Å². The van der Waals surface area contributed by atoms with Gasteiger partial charge in [-0.05, 0) is 49.7 Å². The molecule has 1 amide bonds. The summed E-state index contributed by atoms with van der Waals surface area (Å²) in [7, 11) is 0. The van der Waals surface area contributed by atoms with Crippen LogP contribution < -0.4 is 10.1 Å². The van der Waals surface area contributed by atoms with Gasteiger partial charge in [0, 0.05) is 24.7 Å². The molecule has 0 aromatic heterocycles. The van der Waals surface area contributed by atoms with E-state index in [1.807, 2.05) is 42.5 Å². The van der Waals surface area contributed by atoms with Gasteiger partial charge in [-0.3, -0.25) is 9.69 Å². The number of hydrogen-bond acceptors (Lipinski definition) is 4. The van der Waals surface area contributed by atoms with Crippen molar-refractivity contribution in [3.63, 3.8) is 0 Å². The first-order valence-electron chi connectivity index (χ1n) is 9.25. The SMILES string of the molecule is O=C(NC[C@H]1CN2CCC[C@@H]2CO1)c1cccc(Oc2ccccc2)c1. The van der Waals surface area contributed by atoms with Gasteiger partial charge in [0.05, 0.1) is 12.7 Å². The van der Waals surface area contributed by atoms with Gasteiger partial charge < -0.3 is 14.8 Å². The lowest BCUT2D eigenvalue weighted by atomic mass is 10.1. The van der Waals surface area contributed by atoms with E-state index < -0.39 is 0 Å². The monoisotopic (exact) mass is 352 g/mol. The maximum atomic E-state index is 12.5. The minimum absolute atomic E-state index is 0.0667. The summed E-state index contributed by atoms with van der Waals surface area (Å²) in [6.07, 6.45) is 2.55. The number of rotatable bonds is 5. The van der Waals surface area contributed by atoms with Crippen molar-refractivity contribution >= 4 is 5.91 Å². The number of hydrogen-bond donors (Lipinski definition) is 1. The van der Waals surface area contributed by atoms with Crippen LogP contribution in [0.3, 0.4) is 0 Å². The third-order valence-electron chi connectivity index (χ3n) is 5.03. The van der Waals surface area contributed by atoms with Gasteiger partial charge in [0.1, 0.15) is 11.5 Å². The van der Waals surface area contributed by atoms with Crippen LogP contribution in [0.4, 0.5) is 0 Å². The highest BCUT2D eigenvalue weighted by atomic mass is 16.5. The Bertz CT molecular complexity index is 750. The van der Waals surface area contributed by atoms with Crippen LogP contribution in [-0.2, 0) is 4.74 Å². The third kappa shape index (κ3) is 4.06. The van der Waals surface area contributed by atoms with Crippen molar-refractivity contribution < 1.29 is 14.3 Å². The van der Waals surface area contributed by atoms with E-state index >= 15 is 0 Å². The van der Waals surface area contributed by atoms with Crippen LogP contribution in [0.15, 0.2) is 54.6 Å². The second-order valence-electron chi connectivity index (χ2n) is 6.90. The number of ether oxygens (including phenoxy) is 2. The molecule has 4 rings (SSSR count). The summed E-state index contributed by atoms with van der Waals surface area (Å²) in [5.41, 5.74) is 0.591. The summed E-state index contributed by atoms with van der Waals surface area (Å²) >= 11 is 0. The van der Waals surface area contributed by atoms with E-state index in [0.29, 0.717) is 23.9 Å². The number of carbonyl (C=O) groups excluding carboxylic acids is 1. The Hall–Kier alpha value is -2.37. The number of amides is 1. The molecular formula is C21H24N2O3. The highest BCUT2D eigenvalue weighted by molar-refractivity contribution is 5.94. The van der Waals surface area contributed by atoms with E-state index in [4.69, 9.17) is 9.47 Å². The topological polar surface area (TPSA) is 50.8 Å². The summed E-state index contributed by atoms with van der Waals surface area (Å²) < 4.78 is 11.7. The summed E-state index contributed by atoms with van der Waals surface area (Å²) in [5, 5.41) is 2.99. The normalized spacial score (nSPS) is 22.6. The van der Waals surface area contributed by atoms with Crippen molar-refractivity contribution in [1.29, 1.82) is 0 Å². The number of morpholine rings is 1. The molecule has 0 aliphatic carbocycles. The number of para-hydroxylation sites is 1. The standard InChI is InChI=1S/C21H24N2O3/c24-21(22-13-20-14-23-11-5-7-17(23)15-25-20)16-6-4-10-19(12-16)26-18-8-2-1-3-9-18/h1-4,6,8-10,12,17,20H,5,7,11,13-15H2,(H,22,24)/t17-,20+/m1/s1. The lowest BCUT2D eigenvalue weighted by molar-refractivity contribution is -0.0461. The molecule has 0 spiro atoms. The Labute approximate surface area is 153 Å². The van der Waals surface area contributed by atoms with Crippen molar-refractivity contribution in [2.24, 2.45) is 0 Å². The fourth-order valence-electron chi connectivity index (χ4n) is 3.64. The van der Waals surface area contributed by atoms with Gasteiger partial charge in [-0.2, -0.15) is 0 Å². The van der Waals surface area contributed by atoms with E-state index in [1.54, 1.807) is 12.1 Å². The molecule has 2 fully saturated rings. The number of carbonyl (C=O) groups is 1. The molecule has 0 saturated carbocycles. The fourth-order valence-corrected chi connectivity index (χ4v) is 3.64. The number of benzene rings is 2. The quantitative estimate of drug-likeness (QED) is 0.898. The second kappa shape index (κ2) is 7.89. The molecule has 0 unspecified atom stereocenters. The van der Waals surface area contributed by atoms with Crippen molar-refractivity contribution in [1.82, 2.24) is 10.2 Å². The number of nitrogens with zero attached hydrogens (tertiary/aromatic N) is 1. The van der Waals surface area contributed by atoms with Gasteiger partial charge >= 0.3 is 0 Å². The van der Waals surface area contributed by atoms with Crippen LogP contribution >= 0.6 is 0 Å². The fraction of sp³-hybridized carbons (Fsp3) is 0.381. The molecule has 2 heterocycles. The first kappa shape index (κ1) is 17.1. The molecule has 2 aromatic carbocycles. The predicted octanol–water partition coefficient (Wildman–Crippen LogP) is 3.07. The van der Waals surface area contributed by atoms with Crippen LogP contribution in [0.1, 0.15) is 23.2 Å². The smallest absolute Gasteiger partial charge is 0.251 e. The molecule has 2 atom stereocenters.